The molecule has 3 aromatic rings. The molecule has 0 atom stereocenters. The van der Waals surface area contributed by atoms with Crippen LogP contribution in [0.3, 0.4) is 0 Å². The number of halogens is 2. The molecule has 0 radical (unpaired) electrons. The Balaban J connectivity index is 2.30. The van der Waals surface area contributed by atoms with Crippen molar-refractivity contribution < 1.29 is 8.78 Å². The minimum atomic E-state index is -0.846. The number of benzene rings is 1. The number of nitrogens with zero attached hydrogens (tertiary/aromatic N) is 1. The molecular formula is C14H10F2N2. The molecule has 0 bridgehead atoms. The van der Waals surface area contributed by atoms with Crippen LogP contribution in [-0.2, 0) is 0 Å². The number of aromatic nitrogens is 2. The third-order valence-corrected chi connectivity index (χ3v) is 3.05. The fourth-order valence-corrected chi connectivity index (χ4v) is 2.12. The Morgan fingerprint density at radius 1 is 1.17 bits per heavy atom. The van der Waals surface area contributed by atoms with Crippen LogP contribution < -0.4 is 0 Å². The van der Waals surface area contributed by atoms with Crippen LogP contribution in [0, 0.1) is 18.6 Å². The van der Waals surface area contributed by atoms with Gasteiger partial charge in [0, 0.05) is 34.9 Å². The lowest BCUT2D eigenvalue weighted by Crippen LogP contribution is -1.82. The third kappa shape index (κ3) is 1.57. The number of nitrogens with one attached hydrogen (secondary N) is 1. The Kier molecular flexibility index (Phi) is 2.37. The van der Waals surface area contributed by atoms with Crippen molar-refractivity contribution in [3.8, 4) is 11.3 Å². The highest BCUT2D eigenvalue weighted by Gasteiger charge is 2.12. The van der Waals surface area contributed by atoms with Crippen molar-refractivity contribution in [1.82, 2.24) is 9.97 Å². The monoisotopic (exact) mass is 244 g/mol. The Morgan fingerprint density at radius 2 is 1.94 bits per heavy atom. The average Bonchev–Trinajstić information content (AvgIpc) is 2.69. The number of H-pyrrole nitrogens is 1. The van der Waals surface area contributed by atoms with Gasteiger partial charge in [0.1, 0.15) is 0 Å². The van der Waals surface area contributed by atoms with Gasteiger partial charge in [-0.15, -0.1) is 0 Å². The van der Waals surface area contributed by atoms with E-state index in [1.54, 1.807) is 12.4 Å². The fourth-order valence-electron chi connectivity index (χ4n) is 2.12. The molecule has 0 spiro atoms. The van der Waals surface area contributed by atoms with Crippen LogP contribution in [0.1, 0.15) is 5.56 Å². The lowest BCUT2D eigenvalue weighted by Gasteiger charge is -1.98. The molecule has 1 aromatic carbocycles. The van der Waals surface area contributed by atoms with Crippen molar-refractivity contribution in [2.45, 2.75) is 6.92 Å². The first-order valence-corrected chi connectivity index (χ1v) is 5.54. The summed E-state index contributed by atoms with van der Waals surface area (Å²) in [7, 11) is 0. The lowest BCUT2D eigenvalue weighted by atomic mass is 10.1. The molecule has 0 amide bonds. The van der Waals surface area contributed by atoms with Gasteiger partial charge in [-0.2, -0.15) is 0 Å². The molecule has 90 valence electrons. The van der Waals surface area contributed by atoms with Crippen LogP contribution in [0.25, 0.3) is 22.2 Å². The van der Waals surface area contributed by atoms with Gasteiger partial charge < -0.3 is 4.98 Å². The second-order valence-electron chi connectivity index (χ2n) is 4.18. The molecule has 0 aliphatic carbocycles. The van der Waals surface area contributed by atoms with Gasteiger partial charge >= 0.3 is 0 Å². The van der Waals surface area contributed by atoms with Crippen molar-refractivity contribution in [3.05, 3.63) is 53.9 Å². The van der Waals surface area contributed by atoms with Crippen LogP contribution in [0.4, 0.5) is 8.78 Å². The Morgan fingerprint density at radius 3 is 2.67 bits per heavy atom. The molecule has 2 nitrogen and oxygen atoms in total. The highest BCUT2D eigenvalue weighted by atomic mass is 19.2. The number of aryl methyl sites for hydroxylation is 1. The Hall–Kier alpha value is -2.23. The molecule has 4 heteroatoms. The van der Waals surface area contributed by atoms with Crippen LogP contribution in [0.5, 0.6) is 0 Å². The SMILES string of the molecule is Cc1c(-c2cccnc2)[nH]c2cc(F)c(F)cc12. The number of pyridine rings is 1. The average molecular weight is 244 g/mol. The maximum atomic E-state index is 13.2. The molecule has 0 aliphatic rings. The quantitative estimate of drug-likeness (QED) is 0.692. The summed E-state index contributed by atoms with van der Waals surface area (Å²) >= 11 is 0. The maximum Gasteiger partial charge on any atom is 0.160 e. The van der Waals surface area contributed by atoms with E-state index < -0.39 is 11.6 Å². The van der Waals surface area contributed by atoms with Crippen LogP contribution in [0.2, 0.25) is 0 Å². The van der Waals surface area contributed by atoms with Crippen LogP contribution >= 0.6 is 0 Å². The zero-order valence-corrected chi connectivity index (χ0v) is 9.67. The summed E-state index contributed by atoms with van der Waals surface area (Å²) in [5.41, 5.74) is 3.21. The second-order valence-corrected chi connectivity index (χ2v) is 4.18. The summed E-state index contributed by atoms with van der Waals surface area (Å²) in [6, 6.07) is 6.12. The van der Waals surface area contributed by atoms with E-state index in [2.05, 4.69) is 9.97 Å². The smallest absolute Gasteiger partial charge is 0.160 e. The Labute approximate surface area is 102 Å². The zero-order chi connectivity index (χ0) is 12.7. The zero-order valence-electron chi connectivity index (χ0n) is 9.67. The fraction of sp³-hybridized carbons (Fsp3) is 0.0714. The Bertz CT molecular complexity index is 717. The van der Waals surface area contributed by atoms with Crippen LogP contribution in [0.15, 0.2) is 36.7 Å². The number of fused-ring (bicyclic) bond motifs is 1. The molecular weight excluding hydrogens is 234 g/mol. The van der Waals surface area contributed by atoms with Crippen molar-refractivity contribution in [3.63, 3.8) is 0 Å². The molecule has 0 aliphatic heterocycles. The van der Waals surface area contributed by atoms with E-state index in [0.717, 1.165) is 16.8 Å². The predicted octanol–water partition coefficient (Wildman–Crippen LogP) is 3.82. The predicted molar refractivity (Wildman–Crippen MR) is 66.2 cm³/mol. The summed E-state index contributed by atoms with van der Waals surface area (Å²) in [4.78, 5) is 7.14. The van der Waals surface area contributed by atoms with E-state index >= 15 is 0 Å². The third-order valence-electron chi connectivity index (χ3n) is 3.05. The molecule has 2 aromatic heterocycles. The lowest BCUT2D eigenvalue weighted by molar-refractivity contribution is 0.511. The van der Waals surface area contributed by atoms with Gasteiger partial charge in [-0.05, 0) is 30.7 Å². The topological polar surface area (TPSA) is 28.7 Å². The number of aromatic amines is 1. The van der Waals surface area contributed by atoms with Gasteiger partial charge in [0.2, 0.25) is 0 Å². The van der Waals surface area contributed by atoms with Gasteiger partial charge in [0.25, 0.3) is 0 Å². The van der Waals surface area contributed by atoms with E-state index in [0.29, 0.717) is 10.9 Å². The first kappa shape index (κ1) is 10.9. The van der Waals surface area contributed by atoms with E-state index in [4.69, 9.17) is 0 Å². The summed E-state index contributed by atoms with van der Waals surface area (Å²) in [6.07, 6.45) is 3.39. The van der Waals surface area contributed by atoms with Gasteiger partial charge in [-0.25, -0.2) is 8.78 Å². The van der Waals surface area contributed by atoms with E-state index in [-0.39, 0.29) is 0 Å². The largest absolute Gasteiger partial charge is 0.354 e. The number of hydrogen-bond donors (Lipinski definition) is 1. The molecule has 0 unspecified atom stereocenters. The minimum Gasteiger partial charge on any atom is -0.354 e. The van der Waals surface area contributed by atoms with Gasteiger partial charge in [-0.3, -0.25) is 4.98 Å². The number of hydrogen-bond acceptors (Lipinski definition) is 1. The molecule has 1 N–H and O–H groups in total. The molecule has 0 saturated carbocycles. The van der Waals surface area contributed by atoms with Gasteiger partial charge in [0.15, 0.2) is 11.6 Å². The van der Waals surface area contributed by atoms with Gasteiger partial charge in [-0.1, -0.05) is 0 Å². The second kappa shape index (κ2) is 3.91. The van der Waals surface area contributed by atoms with Crippen molar-refractivity contribution in [2.24, 2.45) is 0 Å². The van der Waals surface area contributed by atoms with Crippen molar-refractivity contribution in [2.75, 3.05) is 0 Å². The van der Waals surface area contributed by atoms with E-state index in [9.17, 15) is 8.78 Å². The first-order valence-electron chi connectivity index (χ1n) is 5.54. The summed E-state index contributed by atoms with van der Waals surface area (Å²) in [5.74, 6) is -1.68. The molecule has 18 heavy (non-hydrogen) atoms. The van der Waals surface area contributed by atoms with Gasteiger partial charge in [0.05, 0.1) is 5.69 Å². The highest BCUT2D eigenvalue weighted by Crippen LogP contribution is 2.30. The van der Waals surface area contributed by atoms with E-state index in [1.807, 2.05) is 19.1 Å². The number of rotatable bonds is 1. The first-order chi connectivity index (χ1) is 8.66. The molecule has 0 fully saturated rings. The summed E-state index contributed by atoms with van der Waals surface area (Å²) < 4.78 is 26.4. The molecule has 3 rings (SSSR count). The maximum absolute atomic E-state index is 13.2. The highest BCUT2D eigenvalue weighted by molar-refractivity contribution is 5.90. The minimum absolute atomic E-state index is 0.588. The van der Waals surface area contributed by atoms with Crippen molar-refractivity contribution in [1.29, 1.82) is 0 Å². The molecule has 2 heterocycles. The van der Waals surface area contributed by atoms with E-state index in [1.165, 1.54) is 12.1 Å². The summed E-state index contributed by atoms with van der Waals surface area (Å²) in [5, 5.41) is 0.688. The standard InChI is InChI=1S/C14H10F2N2/c1-8-10-5-11(15)12(16)6-13(10)18-14(8)9-3-2-4-17-7-9/h2-7,18H,1H3. The summed E-state index contributed by atoms with van der Waals surface area (Å²) in [6.45, 7) is 1.87. The normalized spacial score (nSPS) is 11.1. The van der Waals surface area contributed by atoms with Crippen molar-refractivity contribution >= 4 is 10.9 Å². The molecule has 0 saturated heterocycles. The van der Waals surface area contributed by atoms with Crippen LogP contribution in [-0.4, -0.2) is 9.97 Å².